The lowest BCUT2D eigenvalue weighted by Crippen LogP contribution is -2.40. The molecule has 1 unspecified atom stereocenters. The third-order valence-corrected chi connectivity index (χ3v) is 4.26. The summed E-state index contributed by atoms with van der Waals surface area (Å²) in [7, 11) is 5.79. The van der Waals surface area contributed by atoms with E-state index in [9.17, 15) is 0 Å². The largest absolute Gasteiger partial charge is 0.472 e. The molecular weight excluding hydrogens is 455 g/mol. The fourth-order valence-corrected chi connectivity index (χ4v) is 2.92. The van der Waals surface area contributed by atoms with Gasteiger partial charge in [0.25, 0.3) is 0 Å². The van der Waals surface area contributed by atoms with Gasteiger partial charge in [-0.25, -0.2) is 9.97 Å². The SMILES string of the molecule is CN=C(NCc1cccc(N(C)C)n1)N1CCC(Oc2ccccn2)C1.I. The average molecular weight is 482 g/mol. The van der Waals surface area contributed by atoms with E-state index in [0.717, 1.165) is 37.0 Å². The van der Waals surface area contributed by atoms with E-state index in [-0.39, 0.29) is 30.1 Å². The van der Waals surface area contributed by atoms with Crippen molar-refractivity contribution in [2.45, 2.75) is 19.1 Å². The van der Waals surface area contributed by atoms with Gasteiger partial charge < -0.3 is 19.9 Å². The van der Waals surface area contributed by atoms with Gasteiger partial charge in [-0.2, -0.15) is 0 Å². The Morgan fingerprint density at radius 1 is 1.30 bits per heavy atom. The van der Waals surface area contributed by atoms with Crippen LogP contribution >= 0.6 is 24.0 Å². The van der Waals surface area contributed by atoms with Crippen LogP contribution in [0.5, 0.6) is 5.88 Å². The first kappa shape index (κ1) is 21.2. The molecule has 1 aliphatic rings. The molecule has 2 aromatic heterocycles. The van der Waals surface area contributed by atoms with Gasteiger partial charge >= 0.3 is 0 Å². The fourth-order valence-electron chi connectivity index (χ4n) is 2.92. The number of pyridine rings is 2. The summed E-state index contributed by atoms with van der Waals surface area (Å²) in [6.07, 6.45) is 2.82. The fraction of sp³-hybridized carbons (Fsp3) is 0.421. The molecule has 3 rings (SSSR count). The number of aromatic nitrogens is 2. The normalized spacial score (nSPS) is 16.6. The minimum absolute atomic E-state index is 0. The van der Waals surface area contributed by atoms with E-state index in [1.165, 1.54) is 0 Å². The Bertz CT molecular complexity index is 740. The highest BCUT2D eigenvalue weighted by Gasteiger charge is 2.26. The molecule has 1 atom stereocenters. The Hall–Kier alpha value is -2.10. The zero-order chi connectivity index (χ0) is 18.4. The first-order valence-electron chi connectivity index (χ1n) is 8.82. The number of hydrogen-bond acceptors (Lipinski definition) is 5. The topological polar surface area (TPSA) is 65.9 Å². The molecule has 1 saturated heterocycles. The number of ether oxygens (including phenoxy) is 1. The molecule has 2 aromatic rings. The van der Waals surface area contributed by atoms with Crippen LogP contribution in [0.1, 0.15) is 12.1 Å². The monoisotopic (exact) mass is 482 g/mol. The Balaban J connectivity index is 0.00000261. The van der Waals surface area contributed by atoms with E-state index in [1.807, 2.05) is 55.4 Å². The zero-order valence-electron chi connectivity index (χ0n) is 16.0. The van der Waals surface area contributed by atoms with Crippen LogP contribution in [0.25, 0.3) is 0 Å². The smallest absolute Gasteiger partial charge is 0.213 e. The van der Waals surface area contributed by atoms with Gasteiger partial charge in [-0.1, -0.05) is 12.1 Å². The zero-order valence-corrected chi connectivity index (χ0v) is 18.3. The van der Waals surface area contributed by atoms with Crippen LogP contribution in [-0.4, -0.2) is 61.2 Å². The van der Waals surface area contributed by atoms with Crippen LogP contribution in [0.4, 0.5) is 5.82 Å². The number of anilines is 1. The summed E-state index contributed by atoms with van der Waals surface area (Å²) < 4.78 is 5.95. The number of rotatable bonds is 5. The maximum atomic E-state index is 5.95. The summed E-state index contributed by atoms with van der Waals surface area (Å²) in [5, 5.41) is 3.40. The predicted octanol–water partition coefficient (Wildman–Crippen LogP) is 2.39. The highest BCUT2D eigenvalue weighted by Crippen LogP contribution is 2.16. The van der Waals surface area contributed by atoms with E-state index >= 15 is 0 Å². The van der Waals surface area contributed by atoms with Gasteiger partial charge in [-0.05, 0) is 18.2 Å². The van der Waals surface area contributed by atoms with Gasteiger partial charge in [0.15, 0.2) is 5.96 Å². The van der Waals surface area contributed by atoms with Crippen molar-refractivity contribution in [3.05, 3.63) is 48.3 Å². The second-order valence-corrected chi connectivity index (χ2v) is 6.42. The third kappa shape index (κ3) is 5.95. The summed E-state index contributed by atoms with van der Waals surface area (Å²) in [6, 6.07) is 11.7. The van der Waals surface area contributed by atoms with Crippen molar-refractivity contribution in [3.63, 3.8) is 0 Å². The van der Waals surface area contributed by atoms with Crippen LogP contribution in [0.15, 0.2) is 47.6 Å². The van der Waals surface area contributed by atoms with E-state index in [0.29, 0.717) is 12.4 Å². The lowest BCUT2D eigenvalue weighted by Gasteiger charge is -2.22. The molecule has 3 heterocycles. The van der Waals surface area contributed by atoms with Crippen LogP contribution in [0.2, 0.25) is 0 Å². The molecule has 7 nitrogen and oxygen atoms in total. The summed E-state index contributed by atoms with van der Waals surface area (Å²) in [5.74, 6) is 2.49. The van der Waals surface area contributed by atoms with Gasteiger partial charge in [0.2, 0.25) is 5.88 Å². The van der Waals surface area contributed by atoms with Gasteiger partial charge in [-0.3, -0.25) is 4.99 Å². The van der Waals surface area contributed by atoms with Crippen LogP contribution in [0.3, 0.4) is 0 Å². The van der Waals surface area contributed by atoms with Gasteiger partial charge in [0, 0.05) is 46.4 Å². The Kier molecular flexibility index (Phi) is 8.08. The predicted molar refractivity (Wildman–Crippen MR) is 119 cm³/mol. The molecule has 0 bridgehead atoms. The van der Waals surface area contributed by atoms with Crippen LogP contribution < -0.4 is 15.0 Å². The Morgan fingerprint density at radius 3 is 2.85 bits per heavy atom. The van der Waals surface area contributed by atoms with Gasteiger partial charge in [-0.15, -0.1) is 24.0 Å². The maximum Gasteiger partial charge on any atom is 0.213 e. The molecule has 0 radical (unpaired) electrons. The quantitative estimate of drug-likeness (QED) is 0.401. The standard InChI is InChI=1S/C19H26N6O.HI/c1-20-19(22-13-15-7-6-8-17(23-15)24(2)3)25-12-10-16(14-25)26-18-9-4-5-11-21-18;/h4-9,11,16H,10,12-14H2,1-3H3,(H,20,22);1H. The molecule has 0 aromatic carbocycles. The molecule has 146 valence electrons. The molecule has 0 spiro atoms. The third-order valence-electron chi connectivity index (χ3n) is 4.26. The highest BCUT2D eigenvalue weighted by molar-refractivity contribution is 14.0. The molecule has 0 amide bonds. The van der Waals surface area contributed by atoms with Crippen molar-refractivity contribution in [2.75, 3.05) is 39.1 Å². The Morgan fingerprint density at radius 2 is 2.15 bits per heavy atom. The van der Waals surface area contributed by atoms with Crippen molar-refractivity contribution in [1.29, 1.82) is 0 Å². The molecule has 1 N–H and O–H groups in total. The van der Waals surface area contributed by atoms with Crippen molar-refractivity contribution in [3.8, 4) is 5.88 Å². The van der Waals surface area contributed by atoms with E-state index < -0.39 is 0 Å². The van der Waals surface area contributed by atoms with Crippen molar-refractivity contribution < 1.29 is 4.74 Å². The molecular formula is C19H27IN6O. The number of guanidine groups is 1. The second kappa shape index (κ2) is 10.3. The second-order valence-electron chi connectivity index (χ2n) is 6.42. The van der Waals surface area contributed by atoms with Crippen LogP contribution in [0, 0.1) is 0 Å². The van der Waals surface area contributed by atoms with Crippen LogP contribution in [-0.2, 0) is 6.54 Å². The lowest BCUT2D eigenvalue weighted by atomic mass is 10.3. The maximum absolute atomic E-state index is 5.95. The molecule has 27 heavy (non-hydrogen) atoms. The molecule has 0 saturated carbocycles. The van der Waals surface area contributed by atoms with Crippen molar-refractivity contribution in [2.24, 2.45) is 4.99 Å². The number of halogens is 1. The Labute approximate surface area is 177 Å². The average Bonchev–Trinajstić information content (AvgIpc) is 3.11. The summed E-state index contributed by atoms with van der Waals surface area (Å²) in [4.78, 5) is 17.5. The first-order valence-corrected chi connectivity index (χ1v) is 8.82. The van der Waals surface area contributed by atoms with Crippen molar-refractivity contribution in [1.82, 2.24) is 20.2 Å². The minimum atomic E-state index is 0. The lowest BCUT2D eigenvalue weighted by molar-refractivity contribution is 0.205. The van der Waals surface area contributed by atoms with E-state index in [1.54, 1.807) is 13.2 Å². The summed E-state index contributed by atoms with van der Waals surface area (Å²) in [5.41, 5.74) is 0.984. The number of nitrogens with one attached hydrogen (secondary N) is 1. The van der Waals surface area contributed by atoms with E-state index in [4.69, 9.17) is 4.74 Å². The summed E-state index contributed by atoms with van der Waals surface area (Å²) >= 11 is 0. The number of nitrogens with zero attached hydrogens (tertiary/aromatic N) is 5. The van der Waals surface area contributed by atoms with Gasteiger partial charge in [0.1, 0.15) is 11.9 Å². The molecule has 0 aliphatic carbocycles. The molecule has 8 heteroatoms. The minimum Gasteiger partial charge on any atom is -0.472 e. The van der Waals surface area contributed by atoms with Gasteiger partial charge in [0.05, 0.1) is 18.8 Å². The molecule has 1 fully saturated rings. The number of hydrogen-bond donors (Lipinski definition) is 1. The molecule has 1 aliphatic heterocycles. The summed E-state index contributed by atoms with van der Waals surface area (Å²) in [6.45, 7) is 2.33. The number of aliphatic imine (C=N–C) groups is 1. The highest BCUT2D eigenvalue weighted by atomic mass is 127. The number of likely N-dealkylation sites (tertiary alicyclic amines) is 1. The first-order chi connectivity index (χ1) is 12.7. The van der Waals surface area contributed by atoms with E-state index in [2.05, 4.69) is 25.2 Å². The van der Waals surface area contributed by atoms with Crippen molar-refractivity contribution >= 4 is 35.8 Å².